The number of aryl methyl sites for hydroxylation is 8. The Hall–Kier alpha value is -7.30. The molecule has 4 heteroatoms. The van der Waals surface area contributed by atoms with Crippen molar-refractivity contribution in [3.05, 3.63) is 188 Å². The van der Waals surface area contributed by atoms with Gasteiger partial charge in [0.2, 0.25) is 0 Å². The molecule has 0 spiro atoms. The fraction of sp³-hybridized carbons (Fsp3) is 0.194. The van der Waals surface area contributed by atoms with Crippen molar-refractivity contribution in [1.82, 2.24) is 0 Å². The van der Waals surface area contributed by atoms with Gasteiger partial charge in [-0.1, -0.05) is 12.1 Å². The number of hydrogen-bond donors (Lipinski definition) is 0. The van der Waals surface area contributed by atoms with Crippen molar-refractivity contribution >= 4 is 99.5 Å². The molecule has 9 aromatic carbocycles. The molecule has 66 heavy (non-hydrogen) atoms. The Morgan fingerprint density at radius 3 is 0.788 bits per heavy atom. The smallest absolute Gasteiger partial charge is 0.136 e. The average Bonchev–Trinajstić information content (AvgIpc) is 3.81. The predicted molar refractivity (Wildman–Crippen MR) is 282 cm³/mol. The standard InChI is InChI=1S/C62H56N2O2/c1-33-17-51(18-34(2)41(33)9)63(52-19-35(3)42(10)36(4)20-52)49-15-13-45-27-55-57-31-62-58(32-61(57)65-59(55)29-47(45)25-49)56-28-46-14-16-50(26-48(46)30-60(56)66-62)64(53-21-37(5)43(11)38(6)22-53)54-23-39(7)44(12)40(8)24-54/h13-32H,1-12H3. The third-order valence-corrected chi connectivity index (χ3v) is 15.1. The number of hydrogen-bond acceptors (Lipinski definition) is 4. The van der Waals surface area contributed by atoms with Crippen LogP contribution < -0.4 is 9.80 Å². The third kappa shape index (κ3) is 6.65. The lowest BCUT2D eigenvalue weighted by atomic mass is 9.99. The summed E-state index contributed by atoms with van der Waals surface area (Å²) in [6.07, 6.45) is 0. The molecule has 0 aliphatic heterocycles. The maximum Gasteiger partial charge on any atom is 0.136 e. The number of rotatable bonds is 6. The maximum absolute atomic E-state index is 6.75. The molecule has 0 aliphatic carbocycles. The van der Waals surface area contributed by atoms with Crippen LogP contribution in [0.2, 0.25) is 0 Å². The van der Waals surface area contributed by atoms with Gasteiger partial charge in [0.05, 0.1) is 0 Å². The molecule has 0 aliphatic rings. The minimum atomic E-state index is 0.854. The van der Waals surface area contributed by atoms with Crippen molar-refractivity contribution in [2.45, 2.75) is 83.1 Å². The molecular weight excluding hydrogens is 805 g/mol. The molecule has 0 saturated carbocycles. The average molecular weight is 861 g/mol. The topological polar surface area (TPSA) is 32.8 Å². The van der Waals surface area contributed by atoms with E-state index >= 15 is 0 Å². The van der Waals surface area contributed by atoms with Gasteiger partial charge in [0, 0.05) is 55.7 Å². The summed E-state index contributed by atoms with van der Waals surface area (Å²) in [6, 6.07) is 45.4. The van der Waals surface area contributed by atoms with Crippen LogP contribution in [0.25, 0.3) is 65.4 Å². The third-order valence-electron chi connectivity index (χ3n) is 15.1. The summed E-state index contributed by atoms with van der Waals surface area (Å²) in [5.41, 5.74) is 25.9. The predicted octanol–water partition coefficient (Wildman–Crippen LogP) is 18.4. The van der Waals surface area contributed by atoms with E-state index < -0.39 is 0 Å². The van der Waals surface area contributed by atoms with Crippen molar-refractivity contribution in [3.63, 3.8) is 0 Å². The normalized spacial score (nSPS) is 11.9. The van der Waals surface area contributed by atoms with Crippen LogP contribution in [0.5, 0.6) is 0 Å². The Kier molecular flexibility index (Phi) is 9.50. The van der Waals surface area contributed by atoms with Gasteiger partial charge >= 0.3 is 0 Å². The van der Waals surface area contributed by atoms with Crippen LogP contribution in [-0.2, 0) is 0 Å². The van der Waals surface area contributed by atoms with Gasteiger partial charge in [0.1, 0.15) is 22.3 Å². The summed E-state index contributed by atoms with van der Waals surface area (Å²) >= 11 is 0. The van der Waals surface area contributed by atoms with Gasteiger partial charge in [0.25, 0.3) is 0 Å². The van der Waals surface area contributed by atoms with Crippen molar-refractivity contribution in [2.75, 3.05) is 9.80 Å². The van der Waals surface area contributed by atoms with Crippen LogP contribution >= 0.6 is 0 Å². The molecule has 2 heterocycles. The second-order valence-corrected chi connectivity index (χ2v) is 19.3. The summed E-state index contributed by atoms with van der Waals surface area (Å²) < 4.78 is 13.5. The number of anilines is 6. The number of nitrogens with zero attached hydrogens (tertiary/aromatic N) is 2. The quantitative estimate of drug-likeness (QED) is 0.167. The van der Waals surface area contributed by atoms with Crippen molar-refractivity contribution in [3.8, 4) is 0 Å². The largest absolute Gasteiger partial charge is 0.456 e. The van der Waals surface area contributed by atoms with Crippen LogP contribution in [-0.4, -0.2) is 0 Å². The first kappa shape index (κ1) is 41.4. The lowest BCUT2D eigenvalue weighted by molar-refractivity contribution is 0.664. The highest BCUT2D eigenvalue weighted by Gasteiger charge is 2.21. The maximum atomic E-state index is 6.75. The van der Waals surface area contributed by atoms with E-state index in [4.69, 9.17) is 8.83 Å². The monoisotopic (exact) mass is 860 g/mol. The first-order valence-corrected chi connectivity index (χ1v) is 23.2. The first-order chi connectivity index (χ1) is 31.6. The molecule has 11 aromatic rings. The molecular formula is C62H56N2O2. The molecule has 0 atom stereocenters. The van der Waals surface area contributed by atoms with Crippen LogP contribution in [0.15, 0.2) is 130 Å². The lowest BCUT2D eigenvalue weighted by Gasteiger charge is -2.28. The van der Waals surface area contributed by atoms with Gasteiger partial charge in [0.15, 0.2) is 0 Å². The summed E-state index contributed by atoms with van der Waals surface area (Å²) in [5.74, 6) is 0. The zero-order valence-electron chi connectivity index (χ0n) is 40.3. The van der Waals surface area contributed by atoms with E-state index in [1.807, 2.05) is 0 Å². The second-order valence-electron chi connectivity index (χ2n) is 19.3. The van der Waals surface area contributed by atoms with Crippen molar-refractivity contribution < 1.29 is 8.83 Å². The van der Waals surface area contributed by atoms with E-state index in [1.165, 1.54) is 66.8 Å². The number of fused-ring (bicyclic) bond motifs is 8. The van der Waals surface area contributed by atoms with Crippen LogP contribution in [0, 0.1) is 83.1 Å². The Morgan fingerprint density at radius 1 is 0.242 bits per heavy atom. The summed E-state index contributed by atoms with van der Waals surface area (Å²) in [4.78, 5) is 4.80. The highest BCUT2D eigenvalue weighted by atomic mass is 16.3. The van der Waals surface area contributed by atoms with Gasteiger partial charge in [-0.3, -0.25) is 0 Å². The van der Waals surface area contributed by atoms with Gasteiger partial charge in [-0.25, -0.2) is 0 Å². The van der Waals surface area contributed by atoms with E-state index in [0.29, 0.717) is 0 Å². The van der Waals surface area contributed by atoms with Crippen molar-refractivity contribution in [2.24, 2.45) is 0 Å². The Labute approximate surface area is 387 Å². The SMILES string of the molecule is Cc1cc(N(c2cc(C)c(C)c(C)c2)c2ccc3cc4c(cc3c2)oc2cc3c(cc24)oc2cc4cc(N(c5cc(C)c(C)c(C)c5)c5cc(C)c(C)c(C)c5)ccc4cc23)cc(C)c1C. The zero-order valence-corrected chi connectivity index (χ0v) is 40.3. The minimum Gasteiger partial charge on any atom is -0.456 e. The molecule has 0 saturated heterocycles. The molecule has 0 N–H and O–H groups in total. The van der Waals surface area contributed by atoms with E-state index in [9.17, 15) is 0 Å². The molecule has 0 fully saturated rings. The summed E-state index contributed by atoms with van der Waals surface area (Å²) in [6.45, 7) is 26.5. The summed E-state index contributed by atoms with van der Waals surface area (Å²) in [5, 5.41) is 8.84. The van der Waals surface area contributed by atoms with Crippen LogP contribution in [0.1, 0.15) is 66.8 Å². The zero-order chi connectivity index (χ0) is 46.0. The number of furan rings is 2. The highest BCUT2D eigenvalue weighted by Crippen LogP contribution is 2.44. The fourth-order valence-corrected chi connectivity index (χ4v) is 10.2. The Bertz CT molecular complexity index is 3400. The molecule has 0 radical (unpaired) electrons. The second kappa shape index (κ2) is 15.1. The van der Waals surface area contributed by atoms with Gasteiger partial charge < -0.3 is 18.6 Å². The molecule has 2 aromatic heterocycles. The lowest BCUT2D eigenvalue weighted by Crippen LogP contribution is -2.12. The van der Waals surface area contributed by atoms with E-state index in [0.717, 1.165) is 99.5 Å². The first-order valence-electron chi connectivity index (χ1n) is 23.2. The molecule has 4 nitrogen and oxygen atoms in total. The Morgan fingerprint density at radius 2 is 0.500 bits per heavy atom. The Balaban J connectivity index is 1.01. The van der Waals surface area contributed by atoms with Crippen molar-refractivity contribution in [1.29, 1.82) is 0 Å². The van der Waals surface area contributed by atoms with Gasteiger partial charge in [-0.2, -0.15) is 0 Å². The summed E-state index contributed by atoms with van der Waals surface area (Å²) in [7, 11) is 0. The van der Waals surface area contributed by atoms with Gasteiger partial charge in [-0.15, -0.1) is 0 Å². The van der Waals surface area contributed by atoms with E-state index in [1.54, 1.807) is 0 Å². The molecule has 11 rings (SSSR count). The molecule has 0 unspecified atom stereocenters. The van der Waals surface area contributed by atoms with Crippen LogP contribution in [0.3, 0.4) is 0 Å². The molecule has 326 valence electrons. The molecule has 0 amide bonds. The van der Waals surface area contributed by atoms with Gasteiger partial charge in [-0.05, 0) is 281 Å². The van der Waals surface area contributed by atoms with E-state index in [-0.39, 0.29) is 0 Å². The number of benzene rings is 9. The minimum absolute atomic E-state index is 0.854. The highest BCUT2D eigenvalue weighted by molar-refractivity contribution is 6.18. The van der Waals surface area contributed by atoms with Crippen LogP contribution in [0.4, 0.5) is 34.1 Å². The van der Waals surface area contributed by atoms with E-state index in [2.05, 4.69) is 214 Å². The molecule has 0 bridgehead atoms. The fourth-order valence-electron chi connectivity index (χ4n) is 10.2.